The summed E-state index contributed by atoms with van der Waals surface area (Å²) in [5.41, 5.74) is 0. The molecule has 0 saturated carbocycles. The van der Waals surface area contributed by atoms with Gasteiger partial charge in [-0.05, 0) is 6.92 Å². The second-order valence-electron chi connectivity index (χ2n) is 2.85. The van der Waals surface area contributed by atoms with E-state index in [1.807, 2.05) is 0 Å². The van der Waals surface area contributed by atoms with Gasteiger partial charge in [-0.15, -0.1) is 0 Å². The minimum atomic E-state index is -4.02. The van der Waals surface area contributed by atoms with Gasteiger partial charge in [-0.2, -0.15) is 8.42 Å². The predicted octanol–water partition coefficient (Wildman–Crippen LogP) is -0.447. The molecule has 1 heterocycles. The van der Waals surface area contributed by atoms with E-state index in [0.717, 1.165) is 0 Å². The van der Waals surface area contributed by atoms with E-state index in [-0.39, 0.29) is 17.9 Å². The zero-order valence-electron chi connectivity index (χ0n) is 8.33. The van der Waals surface area contributed by atoms with E-state index in [9.17, 15) is 22.8 Å². The molecule has 1 aliphatic rings. The molecule has 0 bridgehead atoms. The first-order valence-corrected chi connectivity index (χ1v) is 5.93. The van der Waals surface area contributed by atoms with Gasteiger partial charge in [-0.25, -0.2) is 4.79 Å². The molecule has 0 N–H and O–H groups in total. The number of hydrogen-bond donors (Lipinski definition) is 0. The number of nitrogens with zero attached hydrogens (tertiary/aromatic N) is 1. The zero-order chi connectivity index (χ0) is 12.3. The first-order chi connectivity index (χ1) is 7.35. The van der Waals surface area contributed by atoms with Crippen molar-refractivity contribution >= 4 is 28.1 Å². The number of hydrogen-bond acceptors (Lipinski definition) is 7. The first-order valence-electron chi connectivity index (χ1n) is 4.35. The Morgan fingerprint density at radius 3 is 2.25 bits per heavy atom. The molecule has 1 rings (SSSR count). The standard InChI is InChI=1S/C7H9NO7S/c1-2-16(12,13)15-7(11)14-8-5(9)3-4-6(8)10/h2-4H2,1H3. The van der Waals surface area contributed by atoms with Crippen molar-refractivity contribution in [2.45, 2.75) is 19.8 Å². The molecule has 0 aromatic rings. The number of rotatable bonds is 3. The molecule has 0 aromatic carbocycles. The molecule has 1 aliphatic heterocycles. The van der Waals surface area contributed by atoms with Crippen LogP contribution in [-0.2, 0) is 28.7 Å². The first kappa shape index (κ1) is 12.4. The van der Waals surface area contributed by atoms with Crippen molar-refractivity contribution in [2.24, 2.45) is 0 Å². The molecule has 0 spiro atoms. The molecule has 0 aliphatic carbocycles. The largest absolute Gasteiger partial charge is 0.550 e. The van der Waals surface area contributed by atoms with Crippen LogP contribution in [0.15, 0.2) is 0 Å². The Kier molecular flexibility index (Phi) is 3.48. The molecule has 9 heteroatoms. The van der Waals surface area contributed by atoms with Crippen LogP contribution in [-0.4, -0.2) is 37.2 Å². The van der Waals surface area contributed by atoms with Gasteiger partial charge in [0.25, 0.3) is 11.8 Å². The van der Waals surface area contributed by atoms with E-state index in [0.29, 0.717) is 0 Å². The summed E-state index contributed by atoms with van der Waals surface area (Å²) >= 11 is 0. The third-order valence-electron chi connectivity index (χ3n) is 1.72. The van der Waals surface area contributed by atoms with Crippen molar-refractivity contribution in [3.63, 3.8) is 0 Å². The van der Waals surface area contributed by atoms with E-state index < -0.39 is 33.8 Å². The number of carbonyl (C=O) groups is 3. The predicted molar refractivity (Wildman–Crippen MR) is 48.1 cm³/mol. The van der Waals surface area contributed by atoms with Gasteiger partial charge in [0.2, 0.25) is 0 Å². The maximum atomic E-state index is 11.0. The summed E-state index contributed by atoms with van der Waals surface area (Å²) in [6, 6.07) is 0. The zero-order valence-corrected chi connectivity index (χ0v) is 9.15. The van der Waals surface area contributed by atoms with E-state index in [2.05, 4.69) is 9.02 Å². The molecule has 8 nitrogen and oxygen atoms in total. The van der Waals surface area contributed by atoms with Gasteiger partial charge in [0.15, 0.2) is 0 Å². The highest BCUT2D eigenvalue weighted by molar-refractivity contribution is 7.87. The minimum Gasteiger partial charge on any atom is -0.310 e. The summed E-state index contributed by atoms with van der Waals surface area (Å²) in [4.78, 5) is 37.0. The van der Waals surface area contributed by atoms with Crippen LogP contribution in [0.4, 0.5) is 4.79 Å². The van der Waals surface area contributed by atoms with Crippen molar-refractivity contribution in [1.82, 2.24) is 5.06 Å². The topological polar surface area (TPSA) is 107 Å². The lowest BCUT2D eigenvalue weighted by Gasteiger charge is -2.11. The molecule has 0 unspecified atom stereocenters. The number of imide groups is 1. The van der Waals surface area contributed by atoms with E-state index in [4.69, 9.17) is 0 Å². The molecule has 1 saturated heterocycles. The van der Waals surface area contributed by atoms with Crippen LogP contribution in [0.3, 0.4) is 0 Å². The molecule has 0 radical (unpaired) electrons. The van der Waals surface area contributed by atoms with E-state index >= 15 is 0 Å². The van der Waals surface area contributed by atoms with Gasteiger partial charge in [0, 0.05) is 12.8 Å². The fourth-order valence-electron chi connectivity index (χ4n) is 0.910. The second kappa shape index (κ2) is 4.47. The van der Waals surface area contributed by atoms with Crippen molar-refractivity contribution in [3.05, 3.63) is 0 Å². The lowest BCUT2D eigenvalue weighted by atomic mass is 10.4. The molecular weight excluding hydrogens is 242 g/mol. The SMILES string of the molecule is CCS(=O)(=O)OC(=O)ON1C(=O)CCC1=O. The molecule has 16 heavy (non-hydrogen) atoms. The van der Waals surface area contributed by atoms with Crippen molar-refractivity contribution in [1.29, 1.82) is 0 Å². The smallest absolute Gasteiger partial charge is 0.310 e. The highest BCUT2D eigenvalue weighted by atomic mass is 32.2. The van der Waals surface area contributed by atoms with Gasteiger partial charge in [-0.3, -0.25) is 14.4 Å². The fourth-order valence-corrected chi connectivity index (χ4v) is 1.27. The molecule has 1 fully saturated rings. The van der Waals surface area contributed by atoms with Gasteiger partial charge in [0.1, 0.15) is 0 Å². The third kappa shape index (κ3) is 2.92. The Morgan fingerprint density at radius 1 is 1.31 bits per heavy atom. The van der Waals surface area contributed by atoms with Gasteiger partial charge >= 0.3 is 16.3 Å². The number of hydroxylamine groups is 2. The van der Waals surface area contributed by atoms with Crippen LogP contribution in [0, 0.1) is 0 Å². The van der Waals surface area contributed by atoms with Gasteiger partial charge in [0.05, 0.1) is 5.75 Å². The Labute approximate surface area is 91.2 Å². The van der Waals surface area contributed by atoms with Crippen molar-refractivity contribution in [3.8, 4) is 0 Å². The van der Waals surface area contributed by atoms with Crippen LogP contribution in [0.2, 0.25) is 0 Å². The van der Waals surface area contributed by atoms with E-state index in [1.165, 1.54) is 6.92 Å². The molecule has 2 amide bonds. The lowest BCUT2D eigenvalue weighted by Crippen LogP contribution is -2.33. The highest BCUT2D eigenvalue weighted by Gasteiger charge is 2.34. The molecule has 0 atom stereocenters. The average Bonchev–Trinajstić information content (AvgIpc) is 2.49. The quantitative estimate of drug-likeness (QED) is 0.494. The van der Waals surface area contributed by atoms with Crippen LogP contribution in [0.5, 0.6) is 0 Å². The molecular formula is C7H9NO7S. The molecule has 0 aromatic heterocycles. The molecule has 90 valence electrons. The highest BCUT2D eigenvalue weighted by Crippen LogP contribution is 2.13. The van der Waals surface area contributed by atoms with Crippen LogP contribution >= 0.6 is 0 Å². The lowest BCUT2D eigenvalue weighted by molar-refractivity contribution is -0.174. The number of carbonyl (C=O) groups excluding carboxylic acids is 3. The summed E-state index contributed by atoms with van der Waals surface area (Å²) in [5, 5.41) is 0.202. The summed E-state index contributed by atoms with van der Waals surface area (Å²) in [7, 11) is -4.02. The average molecular weight is 251 g/mol. The number of amides is 2. The third-order valence-corrected chi connectivity index (χ3v) is 2.82. The summed E-state index contributed by atoms with van der Waals surface area (Å²) in [5.74, 6) is -1.85. The summed E-state index contributed by atoms with van der Waals surface area (Å²) in [6.07, 6.45) is -1.77. The van der Waals surface area contributed by atoms with Crippen LogP contribution in [0.1, 0.15) is 19.8 Å². The fraction of sp³-hybridized carbons (Fsp3) is 0.571. The Bertz CT molecular complexity index is 410. The summed E-state index contributed by atoms with van der Waals surface area (Å²) < 4.78 is 25.6. The minimum absolute atomic E-state index is 0.0767. The maximum Gasteiger partial charge on any atom is 0.550 e. The van der Waals surface area contributed by atoms with Gasteiger partial charge < -0.3 is 4.18 Å². The monoisotopic (exact) mass is 251 g/mol. The summed E-state index contributed by atoms with van der Waals surface area (Å²) in [6.45, 7) is 1.26. The van der Waals surface area contributed by atoms with Gasteiger partial charge in [-0.1, -0.05) is 5.06 Å². The maximum absolute atomic E-state index is 11.0. The van der Waals surface area contributed by atoms with Crippen molar-refractivity contribution in [2.75, 3.05) is 5.75 Å². The van der Waals surface area contributed by atoms with E-state index in [1.54, 1.807) is 0 Å². The Hall–Kier alpha value is -1.64. The second-order valence-corrected chi connectivity index (χ2v) is 4.71. The Balaban J connectivity index is 2.59. The Morgan fingerprint density at radius 2 is 1.81 bits per heavy atom. The normalized spacial score (nSPS) is 16.4. The van der Waals surface area contributed by atoms with Crippen LogP contribution in [0.25, 0.3) is 0 Å². The van der Waals surface area contributed by atoms with Crippen molar-refractivity contribution < 1.29 is 31.8 Å². The van der Waals surface area contributed by atoms with Crippen LogP contribution < -0.4 is 0 Å².